The lowest BCUT2D eigenvalue weighted by Crippen LogP contribution is -2.42. The standard InChI is InChI=1S/C22H32N4O3/c1-25(2)15-20(27)23-18-11-5-6-12-19(18)24-21(28)16-9-3-4-10-17(16)22(29)26-13-7-8-14-26/h5-6,11-12,16-17H,3-4,7-10,13-15H2,1-2H3,(H,23,27)(H,24,28)/t16-,17+/m0/s1. The van der Waals surface area contributed by atoms with Crippen LogP contribution in [0.3, 0.4) is 0 Å². The van der Waals surface area contributed by atoms with Gasteiger partial charge in [0.25, 0.3) is 0 Å². The molecular weight excluding hydrogens is 368 g/mol. The van der Waals surface area contributed by atoms with Gasteiger partial charge < -0.3 is 20.4 Å². The maximum atomic E-state index is 13.1. The van der Waals surface area contributed by atoms with Crippen LogP contribution in [-0.4, -0.2) is 61.3 Å². The number of carbonyl (C=O) groups excluding carboxylic acids is 3. The van der Waals surface area contributed by atoms with Crippen molar-refractivity contribution < 1.29 is 14.4 Å². The van der Waals surface area contributed by atoms with E-state index in [2.05, 4.69) is 10.6 Å². The number of hydrogen-bond donors (Lipinski definition) is 2. The van der Waals surface area contributed by atoms with E-state index in [1.165, 1.54) is 0 Å². The first-order valence-electron chi connectivity index (χ1n) is 10.6. The summed E-state index contributed by atoms with van der Waals surface area (Å²) in [6.07, 6.45) is 5.55. The van der Waals surface area contributed by atoms with Crippen LogP contribution in [-0.2, 0) is 14.4 Å². The van der Waals surface area contributed by atoms with E-state index in [1.54, 1.807) is 17.0 Å². The summed E-state index contributed by atoms with van der Waals surface area (Å²) in [7, 11) is 3.65. The Bertz CT molecular complexity index is 743. The van der Waals surface area contributed by atoms with Gasteiger partial charge in [-0.1, -0.05) is 25.0 Å². The molecule has 1 saturated heterocycles. The Kier molecular flexibility index (Phi) is 7.25. The Balaban J connectivity index is 1.69. The highest BCUT2D eigenvalue weighted by atomic mass is 16.2. The first kappa shape index (κ1) is 21.3. The van der Waals surface area contributed by atoms with E-state index >= 15 is 0 Å². The molecule has 1 heterocycles. The van der Waals surface area contributed by atoms with Crippen molar-refractivity contribution in [3.05, 3.63) is 24.3 Å². The van der Waals surface area contributed by atoms with Crippen molar-refractivity contribution in [1.29, 1.82) is 0 Å². The van der Waals surface area contributed by atoms with Crippen LogP contribution in [0.5, 0.6) is 0 Å². The van der Waals surface area contributed by atoms with Gasteiger partial charge in [0.1, 0.15) is 0 Å². The molecule has 0 aromatic heterocycles. The average molecular weight is 401 g/mol. The quantitative estimate of drug-likeness (QED) is 0.769. The molecule has 0 spiro atoms. The summed E-state index contributed by atoms with van der Waals surface area (Å²) < 4.78 is 0. The number of carbonyl (C=O) groups is 3. The third kappa shape index (κ3) is 5.56. The molecule has 2 fully saturated rings. The molecule has 3 amide bonds. The fourth-order valence-electron chi connectivity index (χ4n) is 4.32. The molecule has 158 valence electrons. The predicted molar refractivity (Wildman–Crippen MR) is 114 cm³/mol. The lowest BCUT2D eigenvalue weighted by atomic mass is 9.77. The molecule has 2 N–H and O–H groups in total. The van der Waals surface area contributed by atoms with Crippen molar-refractivity contribution in [3.8, 4) is 0 Å². The van der Waals surface area contributed by atoms with Crippen LogP contribution in [0.1, 0.15) is 38.5 Å². The van der Waals surface area contributed by atoms with Gasteiger partial charge in [-0.05, 0) is 51.9 Å². The molecule has 7 nitrogen and oxygen atoms in total. The van der Waals surface area contributed by atoms with Crippen LogP contribution in [0.25, 0.3) is 0 Å². The molecule has 3 rings (SSSR count). The zero-order valence-corrected chi connectivity index (χ0v) is 17.4. The molecule has 0 radical (unpaired) electrons. The molecule has 7 heteroatoms. The number of likely N-dealkylation sites (N-methyl/N-ethyl adjacent to an activating group) is 1. The van der Waals surface area contributed by atoms with Crippen molar-refractivity contribution in [2.75, 3.05) is 44.4 Å². The highest BCUT2D eigenvalue weighted by Crippen LogP contribution is 2.34. The van der Waals surface area contributed by atoms with Gasteiger partial charge in [-0.2, -0.15) is 0 Å². The zero-order valence-electron chi connectivity index (χ0n) is 17.4. The van der Waals surface area contributed by atoms with Gasteiger partial charge in [-0.25, -0.2) is 0 Å². The third-order valence-electron chi connectivity index (χ3n) is 5.76. The van der Waals surface area contributed by atoms with Crippen LogP contribution < -0.4 is 10.6 Å². The third-order valence-corrected chi connectivity index (χ3v) is 5.76. The van der Waals surface area contributed by atoms with E-state index in [9.17, 15) is 14.4 Å². The fraction of sp³-hybridized carbons (Fsp3) is 0.591. The van der Waals surface area contributed by atoms with Gasteiger partial charge in [-0.15, -0.1) is 0 Å². The minimum absolute atomic E-state index is 0.128. The summed E-state index contributed by atoms with van der Waals surface area (Å²) in [6, 6.07) is 7.20. The molecule has 29 heavy (non-hydrogen) atoms. The Morgan fingerprint density at radius 3 is 2.14 bits per heavy atom. The first-order valence-corrected chi connectivity index (χ1v) is 10.6. The molecule has 2 atom stereocenters. The van der Waals surface area contributed by atoms with E-state index in [4.69, 9.17) is 0 Å². The van der Waals surface area contributed by atoms with E-state index in [1.807, 2.05) is 31.1 Å². The molecule has 2 aliphatic rings. The number of hydrogen-bond acceptors (Lipinski definition) is 4. The van der Waals surface area contributed by atoms with Gasteiger partial charge in [0.2, 0.25) is 17.7 Å². The van der Waals surface area contributed by atoms with Crippen LogP contribution in [0.2, 0.25) is 0 Å². The van der Waals surface area contributed by atoms with E-state index < -0.39 is 0 Å². The van der Waals surface area contributed by atoms with Crippen LogP contribution in [0.15, 0.2) is 24.3 Å². The van der Waals surface area contributed by atoms with Gasteiger partial charge in [0.15, 0.2) is 0 Å². The normalized spacial score (nSPS) is 21.8. The molecule has 1 saturated carbocycles. The topological polar surface area (TPSA) is 81.8 Å². The smallest absolute Gasteiger partial charge is 0.238 e. The number of amides is 3. The lowest BCUT2D eigenvalue weighted by molar-refractivity contribution is -0.141. The molecule has 1 aromatic rings. The lowest BCUT2D eigenvalue weighted by Gasteiger charge is -2.32. The van der Waals surface area contributed by atoms with Gasteiger partial charge in [-0.3, -0.25) is 14.4 Å². The van der Waals surface area contributed by atoms with Crippen LogP contribution in [0, 0.1) is 11.8 Å². The summed E-state index contributed by atoms with van der Waals surface area (Å²) in [6.45, 7) is 1.88. The predicted octanol–water partition coefficient (Wildman–Crippen LogP) is 2.55. The molecule has 0 unspecified atom stereocenters. The summed E-state index contributed by atoms with van der Waals surface area (Å²) in [4.78, 5) is 41.9. The van der Waals surface area contributed by atoms with E-state index in [0.29, 0.717) is 11.4 Å². The minimum atomic E-state index is -0.317. The zero-order chi connectivity index (χ0) is 20.8. The van der Waals surface area contributed by atoms with Crippen molar-refractivity contribution >= 4 is 29.1 Å². The SMILES string of the molecule is CN(C)CC(=O)Nc1ccccc1NC(=O)[C@H]1CCCC[C@H]1C(=O)N1CCCC1. The Morgan fingerprint density at radius 2 is 1.52 bits per heavy atom. The average Bonchev–Trinajstić information content (AvgIpc) is 3.23. The summed E-state index contributed by atoms with van der Waals surface area (Å²) >= 11 is 0. The Morgan fingerprint density at radius 1 is 0.931 bits per heavy atom. The molecule has 0 bridgehead atoms. The number of anilines is 2. The molecular formula is C22H32N4O3. The van der Waals surface area contributed by atoms with Gasteiger partial charge in [0.05, 0.1) is 17.9 Å². The number of nitrogens with one attached hydrogen (secondary N) is 2. The van der Waals surface area contributed by atoms with E-state index in [-0.39, 0.29) is 36.1 Å². The molecule has 1 aromatic carbocycles. The second-order valence-electron chi connectivity index (χ2n) is 8.35. The van der Waals surface area contributed by atoms with Gasteiger partial charge >= 0.3 is 0 Å². The molecule has 1 aliphatic carbocycles. The second-order valence-corrected chi connectivity index (χ2v) is 8.35. The highest BCUT2D eigenvalue weighted by Gasteiger charge is 2.38. The number of para-hydroxylation sites is 2. The number of nitrogens with zero attached hydrogens (tertiary/aromatic N) is 2. The summed E-state index contributed by atoms with van der Waals surface area (Å²) in [5.41, 5.74) is 1.15. The van der Waals surface area contributed by atoms with Crippen LogP contribution >= 0.6 is 0 Å². The van der Waals surface area contributed by atoms with Crippen molar-refractivity contribution in [1.82, 2.24) is 9.80 Å². The summed E-state index contributed by atoms with van der Waals surface area (Å²) in [5.74, 6) is -0.692. The number of benzene rings is 1. The van der Waals surface area contributed by atoms with E-state index in [0.717, 1.165) is 51.6 Å². The molecule has 1 aliphatic heterocycles. The van der Waals surface area contributed by atoms with Crippen molar-refractivity contribution in [3.63, 3.8) is 0 Å². The van der Waals surface area contributed by atoms with Crippen LogP contribution in [0.4, 0.5) is 11.4 Å². The maximum Gasteiger partial charge on any atom is 0.238 e. The van der Waals surface area contributed by atoms with Gasteiger partial charge in [0, 0.05) is 24.9 Å². The van der Waals surface area contributed by atoms with Crippen molar-refractivity contribution in [2.45, 2.75) is 38.5 Å². The Labute approximate surface area is 172 Å². The first-order chi connectivity index (χ1) is 14.0. The maximum absolute atomic E-state index is 13.1. The monoisotopic (exact) mass is 400 g/mol. The number of rotatable bonds is 6. The minimum Gasteiger partial charge on any atom is -0.342 e. The number of likely N-dealkylation sites (tertiary alicyclic amines) is 1. The largest absolute Gasteiger partial charge is 0.342 e. The second kappa shape index (κ2) is 9.87. The summed E-state index contributed by atoms with van der Waals surface area (Å²) in [5, 5.41) is 5.83. The van der Waals surface area contributed by atoms with Crippen molar-refractivity contribution in [2.24, 2.45) is 11.8 Å². The Hall–Kier alpha value is -2.41. The fourth-order valence-corrected chi connectivity index (χ4v) is 4.32. The highest BCUT2D eigenvalue weighted by molar-refractivity contribution is 6.02.